The molecule has 0 aromatic heterocycles. The molecular weight excluding hydrogens is 302 g/mol. The van der Waals surface area contributed by atoms with Gasteiger partial charge in [0.25, 0.3) is 0 Å². The lowest BCUT2D eigenvalue weighted by Crippen LogP contribution is -2.07. The number of carbonyl (C=O) groups is 1. The van der Waals surface area contributed by atoms with Crippen molar-refractivity contribution in [1.82, 2.24) is 0 Å². The van der Waals surface area contributed by atoms with Crippen molar-refractivity contribution in [3.05, 3.63) is 69.2 Å². The number of aryl methyl sites for hydroxylation is 1. The van der Waals surface area contributed by atoms with Crippen LogP contribution in [0.2, 0.25) is 0 Å². The van der Waals surface area contributed by atoms with E-state index in [9.17, 15) is 13.6 Å². The molecule has 1 nitrogen and oxygen atoms in total. The number of hydrogen-bond acceptors (Lipinski definition) is 1. The highest BCUT2D eigenvalue weighted by Crippen LogP contribution is 2.20. The van der Waals surface area contributed by atoms with Gasteiger partial charge in [-0.1, -0.05) is 27.6 Å². The number of benzene rings is 2. The van der Waals surface area contributed by atoms with E-state index in [1.807, 2.05) is 0 Å². The summed E-state index contributed by atoms with van der Waals surface area (Å²) in [6, 6.07) is 8.25. The van der Waals surface area contributed by atoms with E-state index in [0.29, 0.717) is 4.47 Å². The summed E-state index contributed by atoms with van der Waals surface area (Å²) >= 11 is 3.10. The molecule has 0 saturated heterocycles. The van der Waals surface area contributed by atoms with Gasteiger partial charge >= 0.3 is 0 Å². The van der Waals surface area contributed by atoms with Crippen LogP contribution in [-0.2, 0) is 0 Å². The van der Waals surface area contributed by atoms with Crippen molar-refractivity contribution >= 4 is 21.7 Å². The number of rotatable bonds is 2. The minimum absolute atomic E-state index is 0.115. The lowest BCUT2D eigenvalue weighted by atomic mass is 10.0. The lowest BCUT2D eigenvalue weighted by Gasteiger charge is -2.05. The summed E-state index contributed by atoms with van der Waals surface area (Å²) in [7, 11) is 0. The van der Waals surface area contributed by atoms with Crippen LogP contribution in [-0.4, -0.2) is 5.78 Å². The topological polar surface area (TPSA) is 17.1 Å². The van der Waals surface area contributed by atoms with Crippen LogP contribution in [0.1, 0.15) is 21.5 Å². The van der Waals surface area contributed by atoms with E-state index in [1.54, 1.807) is 19.1 Å². The monoisotopic (exact) mass is 310 g/mol. The van der Waals surface area contributed by atoms with Gasteiger partial charge in [-0.15, -0.1) is 0 Å². The molecule has 2 aromatic rings. The summed E-state index contributed by atoms with van der Waals surface area (Å²) in [6.45, 7) is 1.74. The standard InChI is InChI=1S/C14H9BrF2O/c1-8-2-5-12(16)11(6-8)14(18)10-4-3-9(15)7-13(10)17/h2-7H,1H3. The Balaban J connectivity index is 2.51. The van der Waals surface area contributed by atoms with Gasteiger partial charge < -0.3 is 0 Å². The first-order chi connectivity index (χ1) is 8.49. The van der Waals surface area contributed by atoms with Crippen LogP contribution >= 0.6 is 15.9 Å². The molecule has 0 radical (unpaired) electrons. The summed E-state index contributed by atoms with van der Waals surface area (Å²) in [4.78, 5) is 12.1. The highest BCUT2D eigenvalue weighted by molar-refractivity contribution is 9.10. The fraction of sp³-hybridized carbons (Fsp3) is 0.0714. The van der Waals surface area contributed by atoms with E-state index in [-0.39, 0.29) is 11.1 Å². The molecule has 2 aromatic carbocycles. The van der Waals surface area contributed by atoms with E-state index in [0.717, 1.165) is 5.56 Å². The summed E-state index contributed by atoms with van der Waals surface area (Å²) in [5.74, 6) is -1.97. The normalized spacial score (nSPS) is 10.4. The van der Waals surface area contributed by atoms with Crippen LogP contribution in [0.3, 0.4) is 0 Å². The Labute approximate surface area is 112 Å². The zero-order valence-electron chi connectivity index (χ0n) is 9.51. The Morgan fingerprint density at radius 2 is 1.72 bits per heavy atom. The molecule has 0 unspecified atom stereocenters. The van der Waals surface area contributed by atoms with Crippen molar-refractivity contribution in [2.75, 3.05) is 0 Å². The van der Waals surface area contributed by atoms with E-state index < -0.39 is 17.4 Å². The van der Waals surface area contributed by atoms with E-state index in [4.69, 9.17) is 0 Å². The minimum Gasteiger partial charge on any atom is -0.288 e. The summed E-state index contributed by atoms with van der Waals surface area (Å²) < 4.78 is 27.7. The van der Waals surface area contributed by atoms with Crippen LogP contribution < -0.4 is 0 Å². The molecule has 0 aliphatic carbocycles. The fourth-order valence-electron chi connectivity index (χ4n) is 1.63. The molecule has 0 saturated carbocycles. The highest BCUT2D eigenvalue weighted by atomic mass is 79.9. The van der Waals surface area contributed by atoms with Gasteiger partial charge in [0.2, 0.25) is 0 Å². The van der Waals surface area contributed by atoms with Crippen molar-refractivity contribution in [1.29, 1.82) is 0 Å². The van der Waals surface area contributed by atoms with E-state index in [1.165, 1.54) is 24.3 Å². The number of halogens is 3. The molecule has 4 heteroatoms. The number of ketones is 1. The Hall–Kier alpha value is -1.55. The Bertz CT molecular complexity index is 623. The number of carbonyl (C=O) groups excluding carboxylic acids is 1. The molecule has 0 aliphatic heterocycles. The van der Waals surface area contributed by atoms with Gasteiger partial charge in [-0.25, -0.2) is 8.78 Å². The zero-order valence-corrected chi connectivity index (χ0v) is 11.1. The predicted molar refractivity (Wildman–Crippen MR) is 68.7 cm³/mol. The smallest absolute Gasteiger partial charge is 0.198 e. The maximum Gasteiger partial charge on any atom is 0.198 e. The van der Waals surface area contributed by atoms with Crippen LogP contribution in [0.4, 0.5) is 8.78 Å². The molecule has 92 valence electrons. The maximum absolute atomic E-state index is 13.6. The predicted octanol–water partition coefficient (Wildman–Crippen LogP) is 4.27. The first kappa shape index (κ1) is 12.9. The Morgan fingerprint density at radius 3 is 2.39 bits per heavy atom. The van der Waals surface area contributed by atoms with Gasteiger partial charge in [-0.3, -0.25) is 4.79 Å². The molecule has 2 rings (SSSR count). The molecule has 0 spiro atoms. The molecule has 0 atom stereocenters. The zero-order chi connectivity index (χ0) is 13.3. The van der Waals surface area contributed by atoms with Gasteiger partial charge in [-0.2, -0.15) is 0 Å². The van der Waals surface area contributed by atoms with Gasteiger partial charge in [-0.05, 0) is 37.3 Å². The molecule has 18 heavy (non-hydrogen) atoms. The third-order valence-electron chi connectivity index (χ3n) is 2.54. The van der Waals surface area contributed by atoms with Crippen molar-refractivity contribution in [3.63, 3.8) is 0 Å². The molecule has 0 bridgehead atoms. The Morgan fingerprint density at radius 1 is 1.00 bits per heavy atom. The molecule has 0 aliphatic rings. The first-order valence-corrected chi connectivity index (χ1v) is 6.04. The van der Waals surface area contributed by atoms with Crippen molar-refractivity contribution < 1.29 is 13.6 Å². The van der Waals surface area contributed by atoms with Crippen molar-refractivity contribution in [3.8, 4) is 0 Å². The fourth-order valence-corrected chi connectivity index (χ4v) is 1.96. The van der Waals surface area contributed by atoms with Crippen LogP contribution in [0, 0.1) is 18.6 Å². The van der Waals surface area contributed by atoms with Gasteiger partial charge in [0.05, 0.1) is 11.1 Å². The summed E-state index contributed by atoms with van der Waals surface area (Å²) in [5.41, 5.74) is 0.496. The molecule has 0 fully saturated rings. The summed E-state index contributed by atoms with van der Waals surface area (Å²) in [5, 5.41) is 0. The molecular formula is C14H9BrF2O. The third kappa shape index (κ3) is 2.48. The lowest BCUT2D eigenvalue weighted by molar-refractivity contribution is 0.103. The molecule has 0 N–H and O–H groups in total. The van der Waals surface area contributed by atoms with Gasteiger partial charge in [0, 0.05) is 4.47 Å². The largest absolute Gasteiger partial charge is 0.288 e. The average Bonchev–Trinajstić information content (AvgIpc) is 2.31. The SMILES string of the molecule is Cc1ccc(F)c(C(=O)c2ccc(Br)cc2F)c1. The quantitative estimate of drug-likeness (QED) is 0.757. The highest BCUT2D eigenvalue weighted by Gasteiger charge is 2.17. The van der Waals surface area contributed by atoms with Crippen molar-refractivity contribution in [2.24, 2.45) is 0 Å². The summed E-state index contributed by atoms with van der Waals surface area (Å²) in [6.07, 6.45) is 0. The molecule has 0 heterocycles. The van der Waals surface area contributed by atoms with Crippen LogP contribution in [0.5, 0.6) is 0 Å². The van der Waals surface area contributed by atoms with Gasteiger partial charge in [0.1, 0.15) is 11.6 Å². The molecule has 0 amide bonds. The van der Waals surface area contributed by atoms with Crippen LogP contribution in [0.25, 0.3) is 0 Å². The second kappa shape index (κ2) is 4.98. The first-order valence-electron chi connectivity index (χ1n) is 5.25. The van der Waals surface area contributed by atoms with Gasteiger partial charge in [0.15, 0.2) is 5.78 Å². The Kier molecular flexibility index (Phi) is 3.57. The van der Waals surface area contributed by atoms with E-state index >= 15 is 0 Å². The second-order valence-electron chi connectivity index (χ2n) is 3.94. The van der Waals surface area contributed by atoms with Crippen LogP contribution in [0.15, 0.2) is 40.9 Å². The number of hydrogen-bond donors (Lipinski definition) is 0. The van der Waals surface area contributed by atoms with Crippen molar-refractivity contribution in [2.45, 2.75) is 6.92 Å². The third-order valence-corrected chi connectivity index (χ3v) is 3.04. The van der Waals surface area contributed by atoms with E-state index in [2.05, 4.69) is 15.9 Å². The maximum atomic E-state index is 13.6. The average molecular weight is 311 g/mol. The minimum atomic E-state index is -0.671. The second-order valence-corrected chi connectivity index (χ2v) is 4.85.